The monoisotopic (exact) mass is 293 g/mol. The number of aliphatic hydroxyl groups excluding tert-OH is 1. The van der Waals surface area contributed by atoms with Crippen LogP contribution in [0.1, 0.15) is 32.4 Å². The van der Waals surface area contributed by atoms with Crippen LogP contribution in [0.15, 0.2) is 24.3 Å². The standard InChI is InChI=1S/C15H23N3O3/c1-10(19)11-6-5-7-12(8-11)18-14(21)17-9-15(2,3)13(20)16-4/h5-8,10,19H,9H2,1-4H3,(H,16,20)(H2,17,18,21). The second kappa shape index (κ2) is 7.08. The van der Waals surface area contributed by atoms with E-state index in [2.05, 4.69) is 16.0 Å². The van der Waals surface area contributed by atoms with Gasteiger partial charge in [-0.05, 0) is 38.5 Å². The van der Waals surface area contributed by atoms with E-state index in [9.17, 15) is 14.7 Å². The molecule has 21 heavy (non-hydrogen) atoms. The fourth-order valence-electron chi connectivity index (χ4n) is 1.77. The van der Waals surface area contributed by atoms with E-state index in [4.69, 9.17) is 0 Å². The van der Waals surface area contributed by atoms with Crippen LogP contribution in [0.5, 0.6) is 0 Å². The summed E-state index contributed by atoms with van der Waals surface area (Å²) in [6.07, 6.45) is -0.595. The van der Waals surface area contributed by atoms with E-state index in [1.54, 1.807) is 52.1 Å². The van der Waals surface area contributed by atoms with Gasteiger partial charge in [0, 0.05) is 19.3 Å². The summed E-state index contributed by atoms with van der Waals surface area (Å²) in [5.41, 5.74) is 0.621. The maximum absolute atomic E-state index is 11.8. The van der Waals surface area contributed by atoms with Gasteiger partial charge < -0.3 is 21.1 Å². The molecule has 0 aliphatic carbocycles. The van der Waals surface area contributed by atoms with Gasteiger partial charge in [0.25, 0.3) is 0 Å². The van der Waals surface area contributed by atoms with Gasteiger partial charge in [0.05, 0.1) is 11.5 Å². The average Bonchev–Trinajstić information content (AvgIpc) is 2.44. The third-order valence-electron chi connectivity index (χ3n) is 3.16. The summed E-state index contributed by atoms with van der Waals surface area (Å²) in [6.45, 7) is 5.38. The van der Waals surface area contributed by atoms with E-state index in [-0.39, 0.29) is 12.5 Å². The Bertz CT molecular complexity index is 513. The van der Waals surface area contributed by atoms with E-state index < -0.39 is 17.6 Å². The number of amides is 3. The van der Waals surface area contributed by atoms with E-state index in [1.165, 1.54) is 0 Å². The predicted octanol–water partition coefficient (Wildman–Crippen LogP) is 1.63. The average molecular weight is 293 g/mol. The van der Waals surface area contributed by atoms with Crippen molar-refractivity contribution < 1.29 is 14.7 Å². The summed E-state index contributed by atoms with van der Waals surface area (Å²) in [7, 11) is 1.56. The summed E-state index contributed by atoms with van der Waals surface area (Å²) in [5, 5.41) is 17.4. The van der Waals surface area contributed by atoms with Gasteiger partial charge in [-0.2, -0.15) is 0 Å². The zero-order valence-corrected chi connectivity index (χ0v) is 12.9. The smallest absolute Gasteiger partial charge is 0.319 e. The van der Waals surface area contributed by atoms with Crippen molar-refractivity contribution in [2.75, 3.05) is 18.9 Å². The molecule has 1 rings (SSSR count). The highest BCUT2D eigenvalue weighted by Crippen LogP contribution is 2.17. The highest BCUT2D eigenvalue weighted by molar-refractivity contribution is 5.90. The van der Waals surface area contributed by atoms with Gasteiger partial charge in [-0.15, -0.1) is 0 Å². The fourth-order valence-corrected chi connectivity index (χ4v) is 1.77. The molecule has 116 valence electrons. The number of urea groups is 1. The minimum Gasteiger partial charge on any atom is -0.389 e. The number of anilines is 1. The van der Waals surface area contributed by atoms with Crippen molar-refractivity contribution in [3.05, 3.63) is 29.8 Å². The van der Waals surface area contributed by atoms with Crippen LogP contribution >= 0.6 is 0 Å². The lowest BCUT2D eigenvalue weighted by Gasteiger charge is -2.22. The Balaban J connectivity index is 2.58. The molecule has 0 spiro atoms. The molecule has 0 saturated carbocycles. The predicted molar refractivity (Wildman–Crippen MR) is 81.9 cm³/mol. The molecular formula is C15H23N3O3. The Hall–Kier alpha value is -2.08. The molecule has 3 amide bonds. The number of carbonyl (C=O) groups is 2. The van der Waals surface area contributed by atoms with Crippen molar-refractivity contribution in [2.24, 2.45) is 5.41 Å². The fraction of sp³-hybridized carbons (Fsp3) is 0.467. The first-order valence-electron chi connectivity index (χ1n) is 6.81. The summed E-state index contributed by atoms with van der Waals surface area (Å²) in [5.74, 6) is -0.140. The molecule has 0 heterocycles. The highest BCUT2D eigenvalue weighted by atomic mass is 16.3. The lowest BCUT2D eigenvalue weighted by atomic mass is 9.92. The van der Waals surface area contributed by atoms with E-state index in [0.29, 0.717) is 5.69 Å². The first-order valence-corrected chi connectivity index (χ1v) is 6.81. The lowest BCUT2D eigenvalue weighted by Crippen LogP contribution is -2.44. The van der Waals surface area contributed by atoms with Gasteiger partial charge in [-0.1, -0.05) is 12.1 Å². The quantitative estimate of drug-likeness (QED) is 0.665. The van der Waals surface area contributed by atoms with Gasteiger partial charge in [0.2, 0.25) is 5.91 Å². The maximum atomic E-state index is 11.8. The SMILES string of the molecule is CNC(=O)C(C)(C)CNC(=O)Nc1cccc(C(C)O)c1. The van der Waals surface area contributed by atoms with Crippen LogP contribution in [0.2, 0.25) is 0 Å². The van der Waals surface area contributed by atoms with Gasteiger partial charge in [0.15, 0.2) is 0 Å². The Morgan fingerprint density at radius 1 is 1.33 bits per heavy atom. The highest BCUT2D eigenvalue weighted by Gasteiger charge is 2.26. The molecule has 1 aromatic rings. The Morgan fingerprint density at radius 3 is 2.57 bits per heavy atom. The zero-order valence-electron chi connectivity index (χ0n) is 12.9. The van der Waals surface area contributed by atoms with Crippen LogP contribution in [0, 0.1) is 5.41 Å². The van der Waals surface area contributed by atoms with E-state index in [0.717, 1.165) is 5.56 Å². The van der Waals surface area contributed by atoms with Crippen molar-refractivity contribution in [1.29, 1.82) is 0 Å². The summed E-state index contributed by atoms with van der Waals surface area (Å²) >= 11 is 0. The Labute approximate surface area is 124 Å². The maximum Gasteiger partial charge on any atom is 0.319 e. The molecule has 1 unspecified atom stereocenters. The summed E-state index contributed by atoms with van der Waals surface area (Å²) < 4.78 is 0. The Kier molecular flexibility index (Phi) is 5.72. The molecule has 0 saturated heterocycles. The number of rotatable bonds is 5. The van der Waals surface area contributed by atoms with Gasteiger partial charge in [0.1, 0.15) is 0 Å². The minimum absolute atomic E-state index is 0.140. The molecule has 0 fully saturated rings. The molecule has 0 aliphatic heterocycles. The van der Waals surface area contributed by atoms with Gasteiger partial charge in [-0.3, -0.25) is 4.79 Å². The van der Waals surface area contributed by atoms with Crippen molar-refractivity contribution in [1.82, 2.24) is 10.6 Å². The lowest BCUT2D eigenvalue weighted by molar-refractivity contribution is -0.128. The molecule has 0 bridgehead atoms. The third-order valence-corrected chi connectivity index (χ3v) is 3.16. The normalized spacial score (nSPS) is 12.4. The first-order chi connectivity index (χ1) is 9.76. The van der Waals surface area contributed by atoms with Gasteiger partial charge >= 0.3 is 6.03 Å². The molecule has 0 aromatic heterocycles. The first kappa shape index (κ1) is 17.0. The second-order valence-corrected chi connectivity index (χ2v) is 5.57. The minimum atomic E-state index is -0.687. The largest absolute Gasteiger partial charge is 0.389 e. The number of hydrogen-bond acceptors (Lipinski definition) is 3. The molecular weight excluding hydrogens is 270 g/mol. The van der Waals surface area contributed by atoms with Crippen LogP contribution in [0.4, 0.5) is 10.5 Å². The number of nitrogens with one attached hydrogen (secondary N) is 3. The number of aliphatic hydroxyl groups is 1. The van der Waals surface area contributed by atoms with Gasteiger partial charge in [-0.25, -0.2) is 4.79 Å². The topological polar surface area (TPSA) is 90.5 Å². The van der Waals surface area contributed by atoms with Crippen LogP contribution in [0.3, 0.4) is 0 Å². The zero-order chi connectivity index (χ0) is 16.0. The van der Waals surface area contributed by atoms with Crippen LogP contribution in [0.25, 0.3) is 0 Å². The van der Waals surface area contributed by atoms with Crippen molar-refractivity contribution in [3.8, 4) is 0 Å². The second-order valence-electron chi connectivity index (χ2n) is 5.57. The third kappa shape index (κ3) is 5.07. The summed E-state index contributed by atoms with van der Waals surface area (Å²) in [4.78, 5) is 23.4. The molecule has 6 heteroatoms. The van der Waals surface area contributed by atoms with Crippen LogP contribution in [-0.4, -0.2) is 30.6 Å². The van der Waals surface area contributed by atoms with Crippen molar-refractivity contribution >= 4 is 17.6 Å². The number of benzene rings is 1. The molecule has 4 N–H and O–H groups in total. The Morgan fingerprint density at radius 2 is 2.00 bits per heavy atom. The van der Waals surface area contributed by atoms with E-state index in [1.807, 2.05) is 0 Å². The molecule has 0 aliphatic rings. The van der Waals surface area contributed by atoms with Crippen LogP contribution < -0.4 is 16.0 Å². The number of hydrogen-bond donors (Lipinski definition) is 4. The summed E-state index contributed by atoms with van der Waals surface area (Å²) in [6, 6.07) is 6.58. The van der Waals surface area contributed by atoms with Crippen LogP contribution in [-0.2, 0) is 4.79 Å². The molecule has 1 atom stereocenters. The molecule has 0 radical (unpaired) electrons. The van der Waals surface area contributed by atoms with Crippen molar-refractivity contribution in [3.63, 3.8) is 0 Å². The number of carbonyl (C=O) groups excluding carboxylic acids is 2. The van der Waals surface area contributed by atoms with E-state index >= 15 is 0 Å². The molecule has 6 nitrogen and oxygen atoms in total. The molecule has 1 aromatic carbocycles. The van der Waals surface area contributed by atoms with Crippen molar-refractivity contribution in [2.45, 2.75) is 26.9 Å².